The number of amides is 1. The lowest BCUT2D eigenvalue weighted by atomic mass is 9.98. The Balaban J connectivity index is 1.47. The van der Waals surface area contributed by atoms with Crippen LogP contribution in [0.1, 0.15) is 59.5 Å². The van der Waals surface area contributed by atoms with Crippen LogP contribution in [-0.4, -0.2) is 70.2 Å². The lowest BCUT2D eigenvalue weighted by Gasteiger charge is -2.22. The minimum absolute atomic E-state index is 0.0433. The summed E-state index contributed by atoms with van der Waals surface area (Å²) < 4.78 is 1.91. The van der Waals surface area contributed by atoms with Gasteiger partial charge >= 0.3 is 0 Å². The summed E-state index contributed by atoms with van der Waals surface area (Å²) in [6, 6.07) is 17.0. The van der Waals surface area contributed by atoms with Crippen molar-refractivity contribution in [2.75, 3.05) is 44.7 Å². The Morgan fingerprint density at radius 1 is 1.06 bits per heavy atom. The quantitative estimate of drug-likeness (QED) is 0.582. The van der Waals surface area contributed by atoms with Crippen LogP contribution in [0.25, 0.3) is 0 Å². The van der Waals surface area contributed by atoms with Crippen molar-refractivity contribution in [3.05, 3.63) is 77.4 Å². The highest BCUT2D eigenvalue weighted by atomic mass is 16.2. The highest BCUT2D eigenvalue weighted by Crippen LogP contribution is 2.40. The van der Waals surface area contributed by atoms with Gasteiger partial charge in [-0.2, -0.15) is 5.10 Å². The topological polar surface area (TPSA) is 57.5 Å². The molecule has 1 aromatic heterocycles. The molecular weight excluding hydrogens is 424 g/mol. The first-order valence-corrected chi connectivity index (χ1v) is 12.3. The molecule has 1 saturated heterocycles. The Morgan fingerprint density at radius 3 is 2.65 bits per heavy atom. The zero-order valence-electron chi connectivity index (χ0n) is 20.4. The molecule has 34 heavy (non-hydrogen) atoms. The van der Waals surface area contributed by atoms with Gasteiger partial charge in [-0.3, -0.25) is 9.48 Å². The molecule has 2 aromatic carbocycles. The van der Waals surface area contributed by atoms with Crippen molar-refractivity contribution in [2.24, 2.45) is 0 Å². The van der Waals surface area contributed by atoms with E-state index in [1.165, 1.54) is 11.3 Å². The predicted octanol–water partition coefficient (Wildman–Crippen LogP) is 3.79. The monoisotopic (exact) mass is 458 g/mol. The SMILES string of the molecule is CC(C)n1cnc([C@@H]2CN(Cc3ccccc3)c3ccc(C(=O)N4CCCN(C)CC4)cc32)n1. The molecule has 5 rings (SSSR count). The number of carbonyl (C=O) groups is 1. The van der Waals surface area contributed by atoms with Crippen molar-refractivity contribution < 1.29 is 4.79 Å². The number of anilines is 1. The van der Waals surface area contributed by atoms with Gasteiger partial charge in [-0.1, -0.05) is 30.3 Å². The summed E-state index contributed by atoms with van der Waals surface area (Å²) in [6.45, 7) is 9.38. The van der Waals surface area contributed by atoms with E-state index in [0.29, 0.717) is 0 Å². The minimum atomic E-state index is 0.0433. The van der Waals surface area contributed by atoms with E-state index < -0.39 is 0 Å². The number of fused-ring (bicyclic) bond motifs is 1. The van der Waals surface area contributed by atoms with E-state index in [1.807, 2.05) is 28.0 Å². The van der Waals surface area contributed by atoms with Crippen molar-refractivity contribution in [1.82, 2.24) is 24.6 Å². The standard InChI is InChI=1S/C27H34N6O/c1-20(2)33-19-28-26(29-33)24-18-32(17-21-8-5-4-6-9-21)25-11-10-22(16-23(24)25)27(34)31-13-7-12-30(3)14-15-31/h4-6,8-11,16,19-20,24H,7,12-15,17-18H2,1-3H3/t24-/m1/s1. The summed E-state index contributed by atoms with van der Waals surface area (Å²) in [7, 11) is 2.12. The molecule has 1 amide bonds. The summed E-state index contributed by atoms with van der Waals surface area (Å²) in [6.07, 6.45) is 2.83. The molecule has 7 heteroatoms. The molecule has 1 fully saturated rings. The molecule has 0 N–H and O–H groups in total. The molecule has 2 aliphatic heterocycles. The fourth-order valence-electron chi connectivity index (χ4n) is 4.97. The van der Waals surface area contributed by atoms with Crippen LogP contribution in [0.2, 0.25) is 0 Å². The number of benzene rings is 2. The second-order valence-electron chi connectivity index (χ2n) is 9.82. The third-order valence-electron chi connectivity index (χ3n) is 6.98. The zero-order chi connectivity index (χ0) is 23.7. The normalized spacial score (nSPS) is 18.9. The number of nitrogens with zero attached hydrogens (tertiary/aromatic N) is 6. The van der Waals surface area contributed by atoms with Gasteiger partial charge in [0.15, 0.2) is 5.82 Å². The predicted molar refractivity (Wildman–Crippen MR) is 134 cm³/mol. The van der Waals surface area contributed by atoms with Crippen LogP contribution in [0, 0.1) is 0 Å². The molecule has 178 valence electrons. The fraction of sp³-hybridized carbons (Fsp3) is 0.444. The average molecular weight is 459 g/mol. The molecule has 0 radical (unpaired) electrons. The van der Waals surface area contributed by atoms with E-state index in [9.17, 15) is 4.79 Å². The minimum Gasteiger partial charge on any atom is -0.366 e. The molecule has 1 atom stereocenters. The van der Waals surface area contributed by atoms with Gasteiger partial charge in [0.2, 0.25) is 0 Å². The molecular formula is C27H34N6O. The number of likely N-dealkylation sites (N-methyl/N-ethyl adjacent to an activating group) is 1. The second-order valence-corrected chi connectivity index (χ2v) is 9.82. The number of hydrogen-bond acceptors (Lipinski definition) is 5. The largest absolute Gasteiger partial charge is 0.366 e. The molecule has 0 aliphatic carbocycles. The van der Waals surface area contributed by atoms with Crippen LogP contribution in [0.15, 0.2) is 54.9 Å². The maximum Gasteiger partial charge on any atom is 0.253 e. The van der Waals surface area contributed by atoms with Gasteiger partial charge in [-0.05, 0) is 63.2 Å². The van der Waals surface area contributed by atoms with Gasteiger partial charge in [0.05, 0.1) is 5.92 Å². The van der Waals surface area contributed by atoms with E-state index in [1.54, 1.807) is 0 Å². The Morgan fingerprint density at radius 2 is 1.88 bits per heavy atom. The molecule has 3 aromatic rings. The fourth-order valence-corrected chi connectivity index (χ4v) is 4.97. The smallest absolute Gasteiger partial charge is 0.253 e. The van der Waals surface area contributed by atoms with Crippen molar-refractivity contribution in [3.8, 4) is 0 Å². The molecule has 3 heterocycles. The number of aromatic nitrogens is 3. The lowest BCUT2D eigenvalue weighted by molar-refractivity contribution is 0.0762. The maximum absolute atomic E-state index is 13.4. The number of carbonyl (C=O) groups excluding carboxylic acids is 1. The first kappa shape index (κ1) is 22.6. The van der Waals surface area contributed by atoms with Crippen LogP contribution in [-0.2, 0) is 6.54 Å². The van der Waals surface area contributed by atoms with Crippen LogP contribution in [0.4, 0.5) is 5.69 Å². The maximum atomic E-state index is 13.4. The van der Waals surface area contributed by atoms with Crippen molar-refractivity contribution in [3.63, 3.8) is 0 Å². The van der Waals surface area contributed by atoms with Crippen molar-refractivity contribution in [1.29, 1.82) is 0 Å². The van der Waals surface area contributed by atoms with E-state index in [-0.39, 0.29) is 17.9 Å². The van der Waals surface area contributed by atoms with Gasteiger partial charge in [0, 0.05) is 50.0 Å². The summed E-state index contributed by atoms with van der Waals surface area (Å²) >= 11 is 0. The van der Waals surface area contributed by atoms with E-state index in [4.69, 9.17) is 5.10 Å². The Kier molecular flexibility index (Phi) is 6.37. The Hall–Kier alpha value is -3.19. The molecule has 7 nitrogen and oxygen atoms in total. The van der Waals surface area contributed by atoms with E-state index in [0.717, 1.165) is 62.6 Å². The lowest BCUT2D eigenvalue weighted by Crippen LogP contribution is -2.34. The van der Waals surface area contributed by atoms with Crippen LogP contribution < -0.4 is 4.90 Å². The Labute approximate surface area is 202 Å². The number of hydrogen-bond donors (Lipinski definition) is 0. The Bertz CT molecular complexity index is 1140. The summed E-state index contributed by atoms with van der Waals surface area (Å²) in [5, 5.41) is 4.80. The second kappa shape index (κ2) is 9.58. The van der Waals surface area contributed by atoms with Crippen LogP contribution in [0.3, 0.4) is 0 Å². The van der Waals surface area contributed by atoms with E-state index >= 15 is 0 Å². The van der Waals surface area contributed by atoms with Gasteiger partial charge < -0.3 is 14.7 Å². The molecule has 0 bridgehead atoms. The third kappa shape index (κ3) is 4.57. The zero-order valence-corrected chi connectivity index (χ0v) is 20.4. The van der Waals surface area contributed by atoms with Crippen molar-refractivity contribution >= 4 is 11.6 Å². The third-order valence-corrected chi connectivity index (χ3v) is 6.98. The van der Waals surface area contributed by atoms with Gasteiger partial charge in [0.25, 0.3) is 5.91 Å². The summed E-state index contributed by atoms with van der Waals surface area (Å²) in [5.41, 5.74) is 4.35. The van der Waals surface area contributed by atoms with Gasteiger partial charge in [0.1, 0.15) is 6.33 Å². The highest BCUT2D eigenvalue weighted by molar-refractivity contribution is 5.95. The van der Waals surface area contributed by atoms with E-state index in [2.05, 4.69) is 72.1 Å². The molecule has 0 saturated carbocycles. The molecule has 2 aliphatic rings. The molecule has 0 spiro atoms. The first-order valence-electron chi connectivity index (χ1n) is 12.3. The first-order chi connectivity index (χ1) is 16.5. The van der Waals surface area contributed by atoms with Crippen LogP contribution in [0.5, 0.6) is 0 Å². The molecule has 0 unspecified atom stereocenters. The summed E-state index contributed by atoms with van der Waals surface area (Å²) in [5.74, 6) is 0.993. The van der Waals surface area contributed by atoms with Gasteiger partial charge in [-0.15, -0.1) is 0 Å². The van der Waals surface area contributed by atoms with Crippen molar-refractivity contribution in [2.45, 2.75) is 38.8 Å². The van der Waals surface area contributed by atoms with Gasteiger partial charge in [-0.25, -0.2) is 4.98 Å². The average Bonchev–Trinajstić information content (AvgIpc) is 3.40. The van der Waals surface area contributed by atoms with Crippen LogP contribution >= 0.6 is 0 Å². The number of rotatable bonds is 5. The highest BCUT2D eigenvalue weighted by Gasteiger charge is 2.33. The summed E-state index contributed by atoms with van der Waals surface area (Å²) in [4.78, 5) is 24.8.